The maximum Gasteiger partial charge on any atom is 0.416 e. The van der Waals surface area contributed by atoms with Crippen molar-refractivity contribution < 1.29 is 22.4 Å². The number of alkyl halides is 3. The average molecular weight is 393 g/mol. The summed E-state index contributed by atoms with van der Waals surface area (Å²) in [6.45, 7) is 0. The van der Waals surface area contributed by atoms with Crippen molar-refractivity contribution in [2.45, 2.75) is 6.18 Å². The van der Waals surface area contributed by atoms with Crippen molar-refractivity contribution in [1.82, 2.24) is 0 Å². The summed E-state index contributed by atoms with van der Waals surface area (Å²) >= 11 is 0. The Morgan fingerprint density at radius 3 is 2.17 bits per heavy atom. The summed E-state index contributed by atoms with van der Waals surface area (Å²) in [5.74, 6) is -0.470. The van der Waals surface area contributed by atoms with E-state index in [4.69, 9.17) is 4.42 Å². The summed E-state index contributed by atoms with van der Waals surface area (Å²) in [5, 5.41) is 0.690. The zero-order chi connectivity index (χ0) is 20.4. The van der Waals surface area contributed by atoms with E-state index in [0.717, 1.165) is 24.3 Å². The Morgan fingerprint density at radius 1 is 0.828 bits per heavy atom. The number of ketones is 1. The number of benzene rings is 3. The molecule has 0 saturated heterocycles. The van der Waals surface area contributed by atoms with E-state index in [1.54, 1.807) is 54.6 Å². The minimum absolute atomic E-state index is 0.0970. The molecule has 144 valence electrons. The topological polar surface area (TPSA) is 42.6 Å². The zero-order valence-electron chi connectivity index (χ0n) is 15.0. The molecule has 0 radical (unpaired) electrons. The molecule has 1 aromatic heterocycles. The Morgan fingerprint density at radius 2 is 1.48 bits per heavy atom. The van der Waals surface area contributed by atoms with E-state index in [1.807, 2.05) is 6.07 Å². The van der Waals surface area contributed by atoms with Crippen LogP contribution in [0.4, 0.5) is 18.9 Å². The van der Waals surface area contributed by atoms with Crippen molar-refractivity contribution in [3.8, 4) is 0 Å². The number of carbonyl (C=O) groups excluding carboxylic acids is 1. The molecule has 0 aliphatic heterocycles. The third kappa shape index (κ3) is 3.96. The van der Waals surface area contributed by atoms with Crippen molar-refractivity contribution in [3.63, 3.8) is 0 Å². The number of carbonyl (C=O) groups is 1. The molecule has 0 atom stereocenters. The normalized spacial score (nSPS) is 12.3. The molecule has 0 saturated carbocycles. The van der Waals surface area contributed by atoms with Crippen LogP contribution in [0, 0.1) is 0 Å². The molecular weight excluding hydrogens is 379 g/mol. The molecule has 1 heterocycles. The van der Waals surface area contributed by atoms with E-state index in [2.05, 4.69) is 4.99 Å². The van der Waals surface area contributed by atoms with Crippen LogP contribution in [0.15, 0.2) is 94.3 Å². The van der Waals surface area contributed by atoms with Crippen molar-refractivity contribution in [2.75, 3.05) is 0 Å². The molecule has 3 aromatic carbocycles. The number of nitrogens with zero attached hydrogens (tertiary/aromatic N) is 1. The largest absolute Gasteiger partial charge is 0.438 e. The molecule has 0 spiro atoms. The van der Waals surface area contributed by atoms with Gasteiger partial charge in [-0.1, -0.05) is 48.5 Å². The van der Waals surface area contributed by atoms with E-state index >= 15 is 0 Å². The molecule has 0 fully saturated rings. The molecular formula is C23H14F3NO2. The molecule has 4 rings (SSSR count). The Balaban J connectivity index is 1.86. The molecule has 0 N–H and O–H groups in total. The lowest BCUT2D eigenvalue weighted by Gasteiger charge is -2.08. The molecule has 0 bridgehead atoms. The van der Waals surface area contributed by atoms with E-state index in [1.165, 1.54) is 0 Å². The van der Waals surface area contributed by atoms with E-state index in [0.29, 0.717) is 16.7 Å². The van der Waals surface area contributed by atoms with Gasteiger partial charge in [0.05, 0.1) is 16.8 Å². The number of hydrogen-bond donors (Lipinski definition) is 0. The molecule has 0 aliphatic rings. The van der Waals surface area contributed by atoms with Gasteiger partial charge in [0.25, 0.3) is 0 Å². The maximum absolute atomic E-state index is 13.1. The lowest BCUT2D eigenvalue weighted by molar-refractivity contribution is -0.137. The van der Waals surface area contributed by atoms with Crippen molar-refractivity contribution >= 4 is 22.4 Å². The Labute approximate surface area is 163 Å². The van der Waals surface area contributed by atoms with Crippen LogP contribution < -0.4 is 5.55 Å². The molecule has 4 aromatic rings. The van der Waals surface area contributed by atoms with Crippen LogP contribution in [0.5, 0.6) is 0 Å². The second-order valence-corrected chi connectivity index (χ2v) is 6.35. The number of fused-ring (bicyclic) bond motifs is 1. The molecule has 0 unspecified atom stereocenters. The van der Waals surface area contributed by atoms with Crippen molar-refractivity contribution in [3.05, 3.63) is 107 Å². The standard InChI is InChI=1S/C23H14F3NO2/c24-23(25,26)17-12-10-15(11-13-17)21(28)19-14-16-6-4-5-9-20(16)29-22(19)27-18-7-2-1-3-8-18/h1-14H. The van der Waals surface area contributed by atoms with Gasteiger partial charge in [0.1, 0.15) is 5.58 Å². The van der Waals surface area contributed by atoms with E-state index in [9.17, 15) is 18.0 Å². The lowest BCUT2D eigenvalue weighted by atomic mass is 10.0. The van der Waals surface area contributed by atoms with Gasteiger partial charge in [-0.2, -0.15) is 13.2 Å². The summed E-state index contributed by atoms with van der Waals surface area (Å²) in [6.07, 6.45) is -4.46. The van der Waals surface area contributed by atoms with Gasteiger partial charge >= 0.3 is 6.18 Å². The smallest absolute Gasteiger partial charge is 0.416 e. The Bertz CT molecular complexity index is 1240. The molecule has 0 amide bonds. The van der Waals surface area contributed by atoms with Crippen LogP contribution >= 0.6 is 0 Å². The van der Waals surface area contributed by atoms with Crippen LogP contribution in [0.3, 0.4) is 0 Å². The first-order valence-electron chi connectivity index (χ1n) is 8.76. The van der Waals surface area contributed by atoms with Crippen LogP contribution in [-0.4, -0.2) is 5.78 Å². The van der Waals surface area contributed by atoms with Gasteiger partial charge < -0.3 is 4.42 Å². The minimum atomic E-state index is -4.46. The quantitative estimate of drug-likeness (QED) is 0.406. The highest BCUT2D eigenvalue weighted by atomic mass is 19.4. The average Bonchev–Trinajstić information content (AvgIpc) is 2.73. The number of rotatable bonds is 3. The number of hydrogen-bond acceptors (Lipinski definition) is 3. The molecule has 6 heteroatoms. The second-order valence-electron chi connectivity index (χ2n) is 6.35. The fourth-order valence-corrected chi connectivity index (χ4v) is 2.90. The minimum Gasteiger partial charge on any atom is -0.438 e. The van der Waals surface area contributed by atoms with Gasteiger partial charge in [-0.05, 0) is 36.4 Å². The summed E-state index contributed by atoms with van der Waals surface area (Å²) < 4.78 is 44.3. The highest BCUT2D eigenvalue weighted by molar-refractivity contribution is 6.09. The summed E-state index contributed by atoms with van der Waals surface area (Å²) in [5.41, 5.74) is 0.714. The first-order chi connectivity index (χ1) is 13.9. The predicted octanol–water partition coefficient (Wildman–Crippen LogP) is 5.92. The highest BCUT2D eigenvalue weighted by Gasteiger charge is 2.30. The molecule has 3 nitrogen and oxygen atoms in total. The fraction of sp³-hybridized carbons (Fsp3) is 0.0435. The van der Waals surface area contributed by atoms with Crippen LogP contribution in [-0.2, 0) is 6.18 Å². The van der Waals surface area contributed by atoms with Gasteiger partial charge in [0.15, 0.2) is 5.78 Å². The SMILES string of the molecule is O=C(c1ccc(C(F)(F)F)cc1)c1cc2ccccc2oc1=Nc1ccccc1. The molecule has 0 aliphatic carbocycles. The summed E-state index contributed by atoms with van der Waals surface area (Å²) in [6, 6.07) is 21.8. The zero-order valence-corrected chi connectivity index (χ0v) is 15.0. The highest BCUT2D eigenvalue weighted by Crippen LogP contribution is 2.29. The van der Waals surface area contributed by atoms with Crippen LogP contribution in [0.1, 0.15) is 21.5 Å². The van der Waals surface area contributed by atoms with Gasteiger partial charge in [0, 0.05) is 10.9 Å². The predicted molar refractivity (Wildman–Crippen MR) is 103 cm³/mol. The molecule has 29 heavy (non-hydrogen) atoms. The summed E-state index contributed by atoms with van der Waals surface area (Å²) in [4.78, 5) is 17.5. The van der Waals surface area contributed by atoms with Gasteiger partial charge in [-0.15, -0.1) is 0 Å². The Hall–Kier alpha value is -3.67. The van der Waals surface area contributed by atoms with E-state index < -0.39 is 17.5 Å². The lowest BCUT2D eigenvalue weighted by Crippen LogP contribution is -2.16. The van der Waals surface area contributed by atoms with Crippen molar-refractivity contribution in [2.24, 2.45) is 4.99 Å². The monoisotopic (exact) mass is 393 g/mol. The first-order valence-corrected chi connectivity index (χ1v) is 8.76. The van der Waals surface area contributed by atoms with Gasteiger partial charge in [0.2, 0.25) is 5.55 Å². The third-order valence-electron chi connectivity index (χ3n) is 4.36. The maximum atomic E-state index is 13.1. The third-order valence-corrected chi connectivity index (χ3v) is 4.36. The Kier molecular flexibility index (Phi) is 4.76. The number of para-hydroxylation sites is 2. The van der Waals surface area contributed by atoms with Gasteiger partial charge in [-0.25, -0.2) is 4.99 Å². The van der Waals surface area contributed by atoms with Crippen LogP contribution in [0.25, 0.3) is 11.0 Å². The van der Waals surface area contributed by atoms with Crippen LogP contribution in [0.2, 0.25) is 0 Å². The van der Waals surface area contributed by atoms with Crippen molar-refractivity contribution in [1.29, 1.82) is 0 Å². The second kappa shape index (κ2) is 7.39. The summed E-state index contributed by atoms with van der Waals surface area (Å²) in [7, 11) is 0. The van der Waals surface area contributed by atoms with Gasteiger partial charge in [-0.3, -0.25) is 4.79 Å². The van der Waals surface area contributed by atoms with E-state index in [-0.39, 0.29) is 16.7 Å². The fourth-order valence-electron chi connectivity index (χ4n) is 2.90. The number of halogens is 3. The first kappa shape index (κ1) is 18.7.